The minimum atomic E-state index is 0.856. The van der Waals surface area contributed by atoms with Gasteiger partial charge in [-0.1, -0.05) is 72.3 Å². The van der Waals surface area contributed by atoms with Crippen LogP contribution in [-0.4, -0.2) is 0 Å². The molecule has 0 radical (unpaired) electrons. The molecule has 1 nitrogen and oxygen atoms in total. The fourth-order valence-corrected chi connectivity index (χ4v) is 4.96. The minimum Gasteiger partial charge on any atom is -0.457 e. The minimum absolute atomic E-state index is 0.856. The molecule has 2 aliphatic rings. The number of ether oxygens (including phenoxy) is 1. The van der Waals surface area contributed by atoms with E-state index in [0.717, 1.165) is 17.9 Å². The molecule has 31 heavy (non-hydrogen) atoms. The molecule has 150 valence electrons. The molecule has 0 N–H and O–H groups in total. The van der Waals surface area contributed by atoms with Gasteiger partial charge in [-0.25, -0.2) is 0 Å². The molecule has 4 aromatic carbocycles. The molecule has 0 heterocycles. The lowest BCUT2D eigenvalue weighted by atomic mass is 9.79. The van der Waals surface area contributed by atoms with E-state index in [9.17, 15) is 0 Å². The lowest BCUT2D eigenvalue weighted by Gasteiger charge is -2.25. The Morgan fingerprint density at radius 3 is 2.32 bits per heavy atom. The fourth-order valence-electron chi connectivity index (χ4n) is 4.96. The second-order valence-electron chi connectivity index (χ2n) is 8.43. The molecular formula is C30H24O. The third-order valence-corrected chi connectivity index (χ3v) is 6.54. The standard InChI is InChI=1S/C30H24O/c1-2-7-25(8-3-1)31-26-15-10-21(11-16-26)23-13-17-28-24(20-23)14-19-29-27-9-5-4-6-22(27)12-18-30(28)29/h1-3,5,7-11,13-17,19-20H,4,6,12,18H2. The van der Waals surface area contributed by atoms with Crippen LogP contribution in [0.2, 0.25) is 0 Å². The van der Waals surface area contributed by atoms with Crippen molar-refractivity contribution in [2.75, 3.05) is 0 Å². The van der Waals surface area contributed by atoms with E-state index in [2.05, 4.69) is 54.6 Å². The van der Waals surface area contributed by atoms with Gasteiger partial charge in [-0.2, -0.15) is 0 Å². The highest BCUT2D eigenvalue weighted by molar-refractivity contribution is 5.95. The summed E-state index contributed by atoms with van der Waals surface area (Å²) in [6.07, 6.45) is 9.45. The van der Waals surface area contributed by atoms with Gasteiger partial charge in [0.05, 0.1) is 0 Å². The van der Waals surface area contributed by atoms with Gasteiger partial charge in [-0.3, -0.25) is 0 Å². The lowest BCUT2D eigenvalue weighted by molar-refractivity contribution is 0.483. The van der Waals surface area contributed by atoms with Crippen molar-refractivity contribution in [1.29, 1.82) is 0 Å². The smallest absolute Gasteiger partial charge is 0.127 e. The van der Waals surface area contributed by atoms with Crippen molar-refractivity contribution in [3.8, 4) is 22.6 Å². The molecule has 0 bridgehead atoms. The van der Waals surface area contributed by atoms with Gasteiger partial charge in [-0.05, 0) is 94.6 Å². The zero-order chi connectivity index (χ0) is 20.6. The Bertz CT molecular complexity index is 1320. The number of fused-ring (bicyclic) bond motifs is 4. The van der Waals surface area contributed by atoms with E-state index >= 15 is 0 Å². The Morgan fingerprint density at radius 2 is 1.45 bits per heavy atom. The number of benzene rings is 4. The number of hydrogen-bond acceptors (Lipinski definition) is 1. The average Bonchev–Trinajstić information content (AvgIpc) is 2.84. The number of aryl methyl sites for hydroxylation is 1. The van der Waals surface area contributed by atoms with Crippen molar-refractivity contribution in [2.24, 2.45) is 0 Å². The molecule has 0 unspecified atom stereocenters. The first-order valence-electron chi connectivity index (χ1n) is 11.1. The van der Waals surface area contributed by atoms with Crippen LogP contribution in [0.25, 0.3) is 27.5 Å². The van der Waals surface area contributed by atoms with Gasteiger partial charge in [0.2, 0.25) is 0 Å². The van der Waals surface area contributed by atoms with Crippen LogP contribution >= 0.6 is 0 Å². The van der Waals surface area contributed by atoms with Crippen LogP contribution in [0.3, 0.4) is 0 Å². The molecule has 0 atom stereocenters. The molecule has 0 fully saturated rings. The summed E-state index contributed by atoms with van der Waals surface area (Å²) in [5.74, 6) is 1.71. The Morgan fingerprint density at radius 1 is 0.645 bits per heavy atom. The summed E-state index contributed by atoms with van der Waals surface area (Å²) >= 11 is 0. The Kier molecular flexibility index (Phi) is 4.46. The molecule has 0 saturated carbocycles. The summed E-state index contributed by atoms with van der Waals surface area (Å²) in [6, 6.07) is 29.8. The summed E-state index contributed by atoms with van der Waals surface area (Å²) in [7, 11) is 0. The molecule has 0 spiro atoms. The van der Waals surface area contributed by atoms with Crippen LogP contribution in [0, 0.1) is 0 Å². The summed E-state index contributed by atoms with van der Waals surface area (Å²) in [5, 5.41) is 2.72. The third kappa shape index (κ3) is 3.37. The summed E-state index contributed by atoms with van der Waals surface area (Å²) in [5.41, 5.74) is 8.53. The molecule has 6 rings (SSSR count). The highest BCUT2D eigenvalue weighted by Crippen LogP contribution is 2.40. The maximum absolute atomic E-state index is 5.94. The Balaban J connectivity index is 1.32. The van der Waals surface area contributed by atoms with E-state index in [4.69, 9.17) is 4.74 Å². The van der Waals surface area contributed by atoms with Crippen molar-refractivity contribution < 1.29 is 4.74 Å². The molecule has 0 aromatic heterocycles. The molecule has 0 saturated heterocycles. The molecule has 0 amide bonds. The molecule has 4 aromatic rings. The summed E-state index contributed by atoms with van der Waals surface area (Å²) in [6.45, 7) is 0. The van der Waals surface area contributed by atoms with Gasteiger partial charge in [-0.15, -0.1) is 0 Å². The van der Waals surface area contributed by atoms with Gasteiger partial charge in [0.15, 0.2) is 0 Å². The number of rotatable bonds is 3. The van der Waals surface area contributed by atoms with Gasteiger partial charge in [0.1, 0.15) is 11.5 Å². The van der Waals surface area contributed by atoms with Crippen molar-refractivity contribution in [1.82, 2.24) is 0 Å². The number of hydrogen-bond donors (Lipinski definition) is 0. The highest BCUT2D eigenvalue weighted by Gasteiger charge is 2.20. The van der Waals surface area contributed by atoms with Gasteiger partial charge < -0.3 is 4.74 Å². The van der Waals surface area contributed by atoms with Crippen LogP contribution in [0.15, 0.2) is 103 Å². The monoisotopic (exact) mass is 400 g/mol. The van der Waals surface area contributed by atoms with E-state index in [1.807, 2.05) is 42.5 Å². The predicted octanol–water partition coefficient (Wildman–Crippen LogP) is 8.35. The predicted molar refractivity (Wildman–Crippen MR) is 130 cm³/mol. The maximum atomic E-state index is 5.94. The van der Waals surface area contributed by atoms with Crippen LogP contribution in [0.5, 0.6) is 11.5 Å². The second-order valence-corrected chi connectivity index (χ2v) is 8.43. The normalized spacial score (nSPS) is 15.0. The zero-order valence-electron chi connectivity index (χ0n) is 17.5. The summed E-state index contributed by atoms with van der Waals surface area (Å²) in [4.78, 5) is 0. The van der Waals surface area contributed by atoms with Crippen molar-refractivity contribution >= 4 is 16.3 Å². The van der Waals surface area contributed by atoms with Gasteiger partial charge >= 0.3 is 0 Å². The van der Waals surface area contributed by atoms with Gasteiger partial charge in [0.25, 0.3) is 0 Å². The van der Waals surface area contributed by atoms with E-state index in [-0.39, 0.29) is 0 Å². The van der Waals surface area contributed by atoms with Crippen LogP contribution in [-0.2, 0) is 6.42 Å². The quantitative estimate of drug-likeness (QED) is 0.336. The maximum Gasteiger partial charge on any atom is 0.127 e. The van der Waals surface area contributed by atoms with E-state index in [0.29, 0.717) is 0 Å². The van der Waals surface area contributed by atoms with Crippen LogP contribution < -0.4 is 4.74 Å². The van der Waals surface area contributed by atoms with E-state index < -0.39 is 0 Å². The van der Waals surface area contributed by atoms with Crippen molar-refractivity contribution in [3.63, 3.8) is 0 Å². The number of para-hydroxylation sites is 1. The molecule has 2 aliphatic carbocycles. The zero-order valence-corrected chi connectivity index (χ0v) is 17.5. The number of allylic oxidation sites excluding steroid dienone is 4. The van der Waals surface area contributed by atoms with E-state index in [1.165, 1.54) is 57.9 Å². The molecular weight excluding hydrogens is 376 g/mol. The lowest BCUT2D eigenvalue weighted by Crippen LogP contribution is -2.07. The second kappa shape index (κ2) is 7.59. The first-order chi connectivity index (χ1) is 15.3. The fraction of sp³-hybridized carbons (Fsp3) is 0.133. The summed E-state index contributed by atoms with van der Waals surface area (Å²) < 4.78 is 5.94. The van der Waals surface area contributed by atoms with Crippen LogP contribution in [0.4, 0.5) is 0 Å². The topological polar surface area (TPSA) is 9.23 Å². The van der Waals surface area contributed by atoms with Crippen LogP contribution in [0.1, 0.15) is 30.4 Å². The first-order valence-corrected chi connectivity index (χ1v) is 11.1. The molecule has 1 heteroatoms. The van der Waals surface area contributed by atoms with E-state index in [1.54, 1.807) is 5.57 Å². The third-order valence-electron chi connectivity index (χ3n) is 6.54. The highest BCUT2D eigenvalue weighted by atomic mass is 16.5. The van der Waals surface area contributed by atoms with Crippen molar-refractivity contribution in [3.05, 3.63) is 114 Å². The Hall–Kier alpha value is -3.58. The van der Waals surface area contributed by atoms with Crippen molar-refractivity contribution in [2.45, 2.75) is 25.7 Å². The first kappa shape index (κ1) is 18.2. The average molecular weight is 401 g/mol. The molecule has 0 aliphatic heterocycles. The Labute approximate surface area is 183 Å². The SMILES string of the molecule is C1=CC2=C(CC1)CCc1c2ccc2cc(-c3ccc(Oc4ccccc4)cc3)ccc12. The van der Waals surface area contributed by atoms with Gasteiger partial charge in [0, 0.05) is 0 Å². The largest absolute Gasteiger partial charge is 0.457 e.